The zero-order chi connectivity index (χ0) is 12.3. The maximum atomic E-state index is 13.6. The predicted molar refractivity (Wildman–Crippen MR) is 62.6 cm³/mol. The van der Waals surface area contributed by atoms with Crippen molar-refractivity contribution in [3.05, 3.63) is 53.7 Å². The first-order valence-corrected chi connectivity index (χ1v) is 5.29. The van der Waals surface area contributed by atoms with Crippen LogP contribution in [-0.2, 0) is 0 Å². The molecule has 1 aromatic heterocycles. The van der Waals surface area contributed by atoms with Crippen LogP contribution >= 0.6 is 0 Å². The van der Waals surface area contributed by atoms with Crippen molar-refractivity contribution in [3.63, 3.8) is 0 Å². The fourth-order valence-electron chi connectivity index (χ4n) is 1.83. The fourth-order valence-corrected chi connectivity index (χ4v) is 1.83. The second-order valence-corrected chi connectivity index (χ2v) is 3.67. The molecule has 1 unspecified atom stereocenters. The van der Waals surface area contributed by atoms with Gasteiger partial charge in [-0.25, -0.2) is 4.39 Å². The summed E-state index contributed by atoms with van der Waals surface area (Å²) in [5.41, 5.74) is 1.78. The van der Waals surface area contributed by atoms with Crippen molar-refractivity contribution in [3.8, 4) is 5.75 Å². The average molecular weight is 235 g/mol. The molecule has 17 heavy (non-hydrogen) atoms. The van der Waals surface area contributed by atoms with Crippen molar-refractivity contribution in [2.45, 2.75) is 6.04 Å². The first-order chi connectivity index (χ1) is 8.26. The summed E-state index contributed by atoms with van der Waals surface area (Å²) < 4.78 is 23.5. The van der Waals surface area contributed by atoms with E-state index in [0.717, 1.165) is 11.1 Å². The van der Waals surface area contributed by atoms with E-state index in [1.165, 1.54) is 13.2 Å². The van der Waals surface area contributed by atoms with E-state index in [1.807, 2.05) is 19.2 Å². The molecule has 0 aliphatic carbocycles. The lowest BCUT2D eigenvalue weighted by Gasteiger charge is -2.15. The van der Waals surface area contributed by atoms with E-state index < -0.39 is 0 Å². The number of benzene rings is 1. The van der Waals surface area contributed by atoms with E-state index in [1.54, 1.807) is 18.6 Å². The third-order valence-corrected chi connectivity index (χ3v) is 2.67. The maximum absolute atomic E-state index is 13.6. The summed E-state index contributed by atoms with van der Waals surface area (Å²) in [6.45, 7) is 0. The Bertz CT molecular complexity index is 482. The van der Waals surface area contributed by atoms with Crippen LogP contribution in [0.25, 0.3) is 0 Å². The molecule has 0 spiro atoms. The minimum absolute atomic E-state index is 0.0887. The third-order valence-electron chi connectivity index (χ3n) is 2.67. The molecule has 0 bridgehead atoms. The summed E-state index contributed by atoms with van der Waals surface area (Å²) >= 11 is 0. The second-order valence-electron chi connectivity index (χ2n) is 3.67. The van der Waals surface area contributed by atoms with Gasteiger partial charge in [0.1, 0.15) is 0 Å². The lowest BCUT2D eigenvalue weighted by atomic mass is 10.0. The first-order valence-electron chi connectivity index (χ1n) is 5.29. The minimum atomic E-state index is -0.367. The minimum Gasteiger partial charge on any atom is -0.494 e. The van der Waals surface area contributed by atoms with Crippen LogP contribution in [0.15, 0.2) is 41.2 Å². The van der Waals surface area contributed by atoms with E-state index in [0.29, 0.717) is 0 Å². The Morgan fingerprint density at radius 1 is 1.29 bits per heavy atom. The Morgan fingerprint density at radius 3 is 2.65 bits per heavy atom. The second kappa shape index (κ2) is 5.01. The molecule has 1 N–H and O–H groups in total. The fraction of sp³-hybridized carbons (Fsp3) is 0.231. The van der Waals surface area contributed by atoms with Gasteiger partial charge in [-0.3, -0.25) is 0 Å². The van der Waals surface area contributed by atoms with Crippen LogP contribution in [0.4, 0.5) is 4.39 Å². The van der Waals surface area contributed by atoms with Crippen molar-refractivity contribution < 1.29 is 13.5 Å². The molecule has 0 aliphatic heterocycles. The molecule has 0 saturated heterocycles. The largest absolute Gasteiger partial charge is 0.494 e. The van der Waals surface area contributed by atoms with Crippen LogP contribution in [0.2, 0.25) is 0 Å². The number of hydrogen-bond acceptors (Lipinski definition) is 3. The van der Waals surface area contributed by atoms with Crippen LogP contribution in [0.1, 0.15) is 17.2 Å². The molecule has 0 amide bonds. The van der Waals surface area contributed by atoms with Gasteiger partial charge in [0.05, 0.1) is 25.7 Å². The normalized spacial score (nSPS) is 12.4. The predicted octanol–water partition coefficient (Wildman–Crippen LogP) is 2.74. The van der Waals surface area contributed by atoms with E-state index in [4.69, 9.17) is 9.15 Å². The van der Waals surface area contributed by atoms with Crippen molar-refractivity contribution in [2.75, 3.05) is 14.2 Å². The van der Waals surface area contributed by atoms with Gasteiger partial charge >= 0.3 is 0 Å². The Morgan fingerprint density at radius 2 is 2.12 bits per heavy atom. The van der Waals surface area contributed by atoms with Gasteiger partial charge in [-0.2, -0.15) is 0 Å². The van der Waals surface area contributed by atoms with Gasteiger partial charge in [-0.15, -0.1) is 0 Å². The molecule has 1 atom stereocenters. The molecule has 3 nitrogen and oxygen atoms in total. The van der Waals surface area contributed by atoms with Crippen molar-refractivity contribution >= 4 is 0 Å². The lowest BCUT2D eigenvalue weighted by Crippen LogP contribution is -2.17. The first kappa shape index (κ1) is 11.7. The number of halogens is 1. The number of hydrogen-bond donors (Lipinski definition) is 1. The van der Waals surface area contributed by atoms with Gasteiger partial charge in [0.2, 0.25) is 0 Å². The molecule has 1 aromatic carbocycles. The number of furan rings is 1. The standard InChI is InChI=1S/C13H14FNO2/c1-15-13(10-5-6-17-8-10)9-3-4-12(16-2)11(14)7-9/h3-8,13,15H,1-2H3. The van der Waals surface area contributed by atoms with Gasteiger partial charge in [-0.1, -0.05) is 6.07 Å². The highest BCUT2D eigenvalue weighted by molar-refractivity contribution is 5.35. The van der Waals surface area contributed by atoms with Gasteiger partial charge in [0.25, 0.3) is 0 Å². The Balaban J connectivity index is 2.35. The van der Waals surface area contributed by atoms with Crippen molar-refractivity contribution in [2.24, 2.45) is 0 Å². The van der Waals surface area contributed by atoms with E-state index in [2.05, 4.69) is 5.32 Å². The molecule has 2 rings (SSSR count). The zero-order valence-electron chi connectivity index (χ0n) is 9.74. The highest BCUT2D eigenvalue weighted by Crippen LogP contribution is 2.26. The van der Waals surface area contributed by atoms with Crippen LogP contribution in [0.3, 0.4) is 0 Å². The number of nitrogens with one attached hydrogen (secondary N) is 1. The summed E-state index contributed by atoms with van der Waals surface area (Å²) in [5, 5.41) is 3.12. The lowest BCUT2D eigenvalue weighted by molar-refractivity contribution is 0.386. The molecule has 0 fully saturated rings. The molecule has 1 heterocycles. The Kier molecular flexibility index (Phi) is 3.44. The highest BCUT2D eigenvalue weighted by Gasteiger charge is 2.15. The molecule has 0 aliphatic rings. The quantitative estimate of drug-likeness (QED) is 0.884. The van der Waals surface area contributed by atoms with Gasteiger partial charge < -0.3 is 14.5 Å². The smallest absolute Gasteiger partial charge is 0.165 e. The monoisotopic (exact) mass is 235 g/mol. The Labute approximate surface area is 99.2 Å². The summed E-state index contributed by atoms with van der Waals surface area (Å²) in [7, 11) is 3.27. The topological polar surface area (TPSA) is 34.4 Å². The molecular weight excluding hydrogens is 221 g/mol. The SMILES string of the molecule is CNC(c1ccoc1)c1ccc(OC)c(F)c1. The van der Waals surface area contributed by atoms with Crippen molar-refractivity contribution in [1.29, 1.82) is 0 Å². The summed E-state index contributed by atoms with van der Waals surface area (Å²) in [6, 6.07) is 6.68. The number of ether oxygens (including phenoxy) is 1. The molecule has 0 radical (unpaired) electrons. The van der Waals surface area contributed by atoms with Crippen LogP contribution in [0.5, 0.6) is 5.75 Å². The molecule has 2 aromatic rings. The van der Waals surface area contributed by atoms with Crippen LogP contribution in [-0.4, -0.2) is 14.2 Å². The van der Waals surface area contributed by atoms with Gasteiger partial charge in [0.15, 0.2) is 11.6 Å². The third kappa shape index (κ3) is 2.31. The highest BCUT2D eigenvalue weighted by atomic mass is 19.1. The number of methoxy groups -OCH3 is 1. The van der Waals surface area contributed by atoms with Crippen LogP contribution < -0.4 is 10.1 Å². The molecule has 90 valence electrons. The van der Waals surface area contributed by atoms with E-state index in [-0.39, 0.29) is 17.6 Å². The van der Waals surface area contributed by atoms with Gasteiger partial charge in [-0.05, 0) is 30.8 Å². The summed E-state index contributed by atoms with van der Waals surface area (Å²) in [6.07, 6.45) is 3.24. The molecule has 4 heteroatoms. The molecule has 0 saturated carbocycles. The van der Waals surface area contributed by atoms with Crippen LogP contribution in [0, 0.1) is 5.82 Å². The number of rotatable bonds is 4. The summed E-state index contributed by atoms with van der Waals surface area (Å²) in [5.74, 6) is -0.121. The van der Waals surface area contributed by atoms with E-state index >= 15 is 0 Å². The average Bonchev–Trinajstić information content (AvgIpc) is 2.84. The van der Waals surface area contributed by atoms with Gasteiger partial charge in [0, 0.05) is 5.56 Å². The summed E-state index contributed by atoms with van der Waals surface area (Å²) in [4.78, 5) is 0. The maximum Gasteiger partial charge on any atom is 0.165 e. The molecular formula is C13H14FNO2. The van der Waals surface area contributed by atoms with E-state index in [9.17, 15) is 4.39 Å². The zero-order valence-corrected chi connectivity index (χ0v) is 9.74. The van der Waals surface area contributed by atoms with Crippen molar-refractivity contribution in [1.82, 2.24) is 5.32 Å². The Hall–Kier alpha value is -1.81.